The summed E-state index contributed by atoms with van der Waals surface area (Å²) >= 11 is 0. The molecule has 1 N–H and O–H groups in total. The molecule has 1 amide bonds. The van der Waals surface area contributed by atoms with E-state index in [1.807, 2.05) is 72.8 Å². The molecule has 0 aliphatic carbocycles. The van der Waals surface area contributed by atoms with Crippen LogP contribution in [-0.4, -0.2) is 29.9 Å². The lowest BCUT2D eigenvalue weighted by Crippen LogP contribution is -2.16. The number of benzene rings is 3. The highest BCUT2D eigenvalue weighted by Gasteiger charge is 2.14. The molecule has 4 aromatic rings. The minimum absolute atomic E-state index is 0.195. The van der Waals surface area contributed by atoms with Crippen LogP contribution in [0, 0.1) is 0 Å². The first kappa shape index (κ1) is 20.2. The number of methoxy groups -OCH3 is 2. The van der Waals surface area contributed by atoms with Gasteiger partial charge in [-0.3, -0.25) is 4.79 Å². The van der Waals surface area contributed by atoms with Crippen LogP contribution in [0.4, 0.5) is 5.82 Å². The van der Waals surface area contributed by atoms with Gasteiger partial charge in [-0.2, -0.15) is 5.10 Å². The Bertz CT molecular complexity index is 1170. The summed E-state index contributed by atoms with van der Waals surface area (Å²) in [4.78, 5) is 12.8. The summed E-state index contributed by atoms with van der Waals surface area (Å²) in [6, 6.07) is 25.0. The second kappa shape index (κ2) is 9.17. The molecule has 1 heterocycles. The molecular formula is C25H23N3O3. The Balaban J connectivity index is 1.50. The average Bonchev–Trinajstić information content (AvgIpc) is 3.25. The number of para-hydroxylation sites is 1. The maximum absolute atomic E-state index is 12.8. The molecule has 156 valence electrons. The van der Waals surface area contributed by atoms with Crippen molar-refractivity contribution in [2.45, 2.75) is 6.54 Å². The van der Waals surface area contributed by atoms with Gasteiger partial charge in [-0.15, -0.1) is 0 Å². The highest BCUT2D eigenvalue weighted by atomic mass is 16.5. The third-order valence-electron chi connectivity index (χ3n) is 5.02. The number of anilines is 1. The van der Waals surface area contributed by atoms with E-state index in [0.717, 1.165) is 16.7 Å². The monoisotopic (exact) mass is 413 g/mol. The lowest BCUT2D eigenvalue weighted by Gasteiger charge is -2.14. The maximum atomic E-state index is 12.8. The van der Waals surface area contributed by atoms with E-state index in [1.165, 1.54) is 0 Å². The molecular weight excluding hydrogens is 390 g/mol. The molecule has 0 saturated carbocycles. The summed E-state index contributed by atoms with van der Waals surface area (Å²) in [5.41, 5.74) is 3.65. The van der Waals surface area contributed by atoms with Gasteiger partial charge in [0.15, 0.2) is 11.5 Å². The molecule has 1 aromatic heterocycles. The number of hydrogen-bond donors (Lipinski definition) is 1. The Labute approximate surface area is 181 Å². The highest BCUT2D eigenvalue weighted by molar-refractivity contribution is 6.04. The van der Waals surface area contributed by atoms with Gasteiger partial charge in [0.25, 0.3) is 5.91 Å². The number of carbonyl (C=O) groups is 1. The van der Waals surface area contributed by atoms with Gasteiger partial charge in [-0.25, -0.2) is 4.68 Å². The number of carbonyl (C=O) groups excluding carboxylic acids is 1. The molecule has 0 fully saturated rings. The van der Waals surface area contributed by atoms with Gasteiger partial charge < -0.3 is 14.8 Å². The van der Waals surface area contributed by atoms with E-state index in [1.54, 1.807) is 31.2 Å². The molecule has 0 unspecified atom stereocenters. The van der Waals surface area contributed by atoms with E-state index < -0.39 is 0 Å². The summed E-state index contributed by atoms with van der Waals surface area (Å²) in [6.07, 6.45) is 1.65. The summed E-state index contributed by atoms with van der Waals surface area (Å²) in [5, 5.41) is 7.29. The van der Waals surface area contributed by atoms with Crippen LogP contribution in [-0.2, 0) is 6.54 Å². The van der Waals surface area contributed by atoms with Crippen LogP contribution in [0.25, 0.3) is 11.1 Å². The van der Waals surface area contributed by atoms with Crippen LogP contribution < -0.4 is 14.8 Å². The van der Waals surface area contributed by atoms with Crippen molar-refractivity contribution in [3.8, 4) is 22.6 Å². The highest BCUT2D eigenvalue weighted by Crippen LogP contribution is 2.31. The Morgan fingerprint density at radius 1 is 0.871 bits per heavy atom. The first-order valence-electron chi connectivity index (χ1n) is 9.88. The van der Waals surface area contributed by atoms with E-state index in [-0.39, 0.29) is 5.91 Å². The van der Waals surface area contributed by atoms with E-state index in [0.29, 0.717) is 29.4 Å². The molecule has 6 heteroatoms. The molecule has 0 saturated heterocycles. The Kier molecular flexibility index (Phi) is 5.98. The van der Waals surface area contributed by atoms with Gasteiger partial charge in [0.1, 0.15) is 5.82 Å². The maximum Gasteiger partial charge on any atom is 0.256 e. The SMILES string of the molecule is COc1cccc(Cn2nccc2NC(=O)c2ccc(-c3ccccc3)cc2)c1OC. The van der Waals surface area contributed by atoms with Gasteiger partial charge in [0, 0.05) is 17.2 Å². The number of nitrogens with one attached hydrogen (secondary N) is 1. The number of rotatable bonds is 7. The Hall–Kier alpha value is -4.06. The molecule has 0 spiro atoms. The van der Waals surface area contributed by atoms with Crippen LogP contribution in [0.2, 0.25) is 0 Å². The first-order chi connectivity index (χ1) is 15.2. The molecule has 3 aromatic carbocycles. The van der Waals surface area contributed by atoms with Crippen molar-refractivity contribution >= 4 is 11.7 Å². The van der Waals surface area contributed by atoms with Gasteiger partial charge in [0.05, 0.1) is 27.0 Å². The topological polar surface area (TPSA) is 65.4 Å². The van der Waals surface area contributed by atoms with Crippen LogP contribution in [0.1, 0.15) is 15.9 Å². The van der Waals surface area contributed by atoms with Crippen molar-refractivity contribution in [3.05, 3.63) is 96.2 Å². The minimum atomic E-state index is -0.195. The lowest BCUT2D eigenvalue weighted by molar-refractivity contribution is 0.102. The number of hydrogen-bond acceptors (Lipinski definition) is 4. The summed E-state index contributed by atoms with van der Waals surface area (Å²) in [5.74, 6) is 1.70. The lowest BCUT2D eigenvalue weighted by atomic mass is 10.0. The smallest absolute Gasteiger partial charge is 0.256 e. The van der Waals surface area contributed by atoms with Crippen LogP contribution in [0.5, 0.6) is 11.5 Å². The number of amides is 1. The van der Waals surface area contributed by atoms with Crippen molar-refractivity contribution in [2.75, 3.05) is 19.5 Å². The third-order valence-corrected chi connectivity index (χ3v) is 5.02. The van der Waals surface area contributed by atoms with Crippen molar-refractivity contribution in [2.24, 2.45) is 0 Å². The first-order valence-corrected chi connectivity index (χ1v) is 9.88. The Morgan fingerprint density at radius 3 is 2.32 bits per heavy atom. The predicted molar refractivity (Wildman–Crippen MR) is 121 cm³/mol. The molecule has 6 nitrogen and oxygen atoms in total. The van der Waals surface area contributed by atoms with Gasteiger partial charge in [-0.1, -0.05) is 54.6 Å². The number of aromatic nitrogens is 2. The second-order valence-corrected chi connectivity index (χ2v) is 6.92. The molecule has 0 radical (unpaired) electrons. The summed E-state index contributed by atoms with van der Waals surface area (Å²) in [7, 11) is 3.20. The van der Waals surface area contributed by atoms with E-state index in [4.69, 9.17) is 9.47 Å². The molecule has 0 aliphatic heterocycles. The van der Waals surface area contributed by atoms with Crippen molar-refractivity contribution in [1.82, 2.24) is 9.78 Å². The van der Waals surface area contributed by atoms with Crippen LogP contribution in [0.15, 0.2) is 85.1 Å². The van der Waals surface area contributed by atoms with E-state index in [9.17, 15) is 4.79 Å². The number of nitrogens with zero attached hydrogens (tertiary/aromatic N) is 2. The van der Waals surface area contributed by atoms with Crippen LogP contribution >= 0.6 is 0 Å². The van der Waals surface area contributed by atoms with Crippen LogP contribution in [0.3, 0.4) is 0 Å². The fourth-order valence-electron chi connectivity index (χ4n) is 3.44. The minimum Gasteiger partial charge on any atom is -0.493 e. The van der Waals surface area contributed by atoms with E-state index in [2.05, 4.69) is 10.4 Å². The largest absolute Gasteiger partial charge is 0.493 e. The standard InChI is InChI=1S/C25H23N3O3/c1-30-22-10-6-9-21(24(22)31-2)17-28-23(15-16-26-28)27-25(29)20-13-11-19(12-14-20)18-7-4-3-5-8-18/h3-16H,17H2,1-2H3,(H,27,29). The van der Waals surface area contributed by atoms with Gasteiger partial charge >= 0.3 is 0 Å². The average molecular weight is 413 g/mol. The van der Waals surface area contributed by atoms with E-state index >= 15 is 0 Å². The molecule has 4 rings (SSSR count). The molecule has 0 atom stereocenters. The van der Waals surface area contributed by atoms with Crippen molar-refractivity contribution in [3.63, 3.8) is 0 Å². The fraction of sp³-hybridized carbons (Fsp3) is 0.120. The Morgan fingerprint density at radius 2 is 1.61 bits per heavy atom. The zero-order valence-corrected chi connectivity index (χ0v) is 17.4. The zero-order valence-electron chi connectivity index (χ0n) is 17.4. The van der Waals surface area contributed by atoms with Gasteiger partial charge in [-0.05, 0) is 29.3 Å². The quantitative estimate of drug-likeness (QED) is 0.470. The summed E-state index contributed by atoms with van der Waals surface area (Å²) < 4.78 is 12.6. The fourth-order valence-corrected chi connectivity index (χ4v) is 3.44. The second-order valence-electron chi connectivity index (χ2n) is 6.92. The van der Waals surface area contributed by atoms with Crippen molar-refractivity contribution in [1.29, 1.82) is 0 Å². The normalized spacial score (nSPS) is 10.5. The van der Waals surface area contributed by atoms with Crippen molar-refractivity contribution < 1.29 is 14.3 Å². The zero-order chi connectivity index (χ0) is 21.6. The molecule has 0 aliphatic rings. The predicted octanol–water partition coefficient (Wildman–Crippen LogP) is 4.87. The summed E-state index contributed by atoms with van der Waals surface area (Å²) in [6.45, 7) is 0.427. The third kappa shape index (κ3) is 4.43. The molecule has 0 bridgehead atoms. The number of ether oxygens (including phenoxy) is 2. The van der Waals surface area contributed by atoms with Gasteiger partial charge in [0.2, 0.25) is 0 Å². The molecule has 31 heavy (non-hydrogen) atoms.